The molecule has 0 amide bonds. The maximum Gasteiger partial charge on any atom is 0.343 e. The van der Waals surface area contributed by atoms with Crippen molar-refractivity contribution in [3.63, 3.8) is 0 Å². The summed E-state index contributed by atoms with van der Waals surface area (Å²) in [5.74, 6) is -0.578. The average molecular weight is 187 g/mol. The predicted molar refractivity (Wildman–Crippen MR) is 45.0 cm³/mol. The minimum Gasteiger partial charge on any atom is -0.465 e. The Hall–Kier alpha value is -1.29. The van der Waals surface area contributed by atoms with Crippen molar-refractivity contribution in [1.82, 2.24) is 4.98 Å². The summed E-state index contributed by atoms with van der Waals surface area (Å²) < 4.78 is 4.45. The second-order valence-corrected chi connectivity index (χ2v) is 2.42. The van der Waals surface area contributed by atoms with Crippen molar-refractivity contribution in [2.24, 2.45) is 0 Å². The Morgan fingerprint density at radius 1 is 1.75 bits per heavy atom. The first-order chi connectivity index (χ1) is 5.66. The van der Waals surface area contributed by atoms with Crippen LogP contribution in [0, 0.1) is 0 Å². The molecule has 0 bridgehead atoms. The van der Waals surface area contributed by atoms with Crippen LogP contribution in [-0.4, -0.2) is 18.1 Å². The summed E-state index contributed by atoms with van der Waals surface area (Å²) >= 11 is 5.61. The number of halogens is 1. The normalized spacial score (nSPS) is 9.50. The lowest BCUT2D eigenvalue weighted by molar-refractivity contribution is 0.0601. The standard InChI is InChI=1S/C7H7ClN2O2/c1-12-7(11)5-4(9)2-3-10-6(5)8/h2-3H,1H3,(H2,9,10). The first kappa shape index (κ1) is 8.80. The molecule has 0 aliphatic heterocycles. The number of carbonyl (C=O) groups is 1. The zero-order chi connectivity index (χ0) is 9.14. The number of esters is 1. The van der Waals surface area contributed by atoms with Gasteiger partial charge in [0.05, 0.1) is 12.8 Å². The lowest BCUT2D eigenvalue weighted by atomic mass is 10.2. The molecule has 0 spiro atoms. The lowest BCUT2D eigenvalue weighted by Crippen LogP contribution is -2.07. The van der Waals surface area contributed by atoms with Crippen molar-refractivity contribution in [1.29, 1.82) is 0 Å². The summed E-state index contributed by atoms with van der Waals surface area (Å²) in [6, 6.07) is 1.48. The van der Waals surface area contributed by atoms with Gasteiger partial charge in [-0.15, -0.1) is 0 Å². The number of nitrogen functional groups attached to an aromatic ring is 1. The third-order valence-corrected chi connectivity index (χ3v) is 1.61. The number of pyridine rings is 1. The molecule has 0 aliphatic rings. The van der Waals surface area contributed by atoms with E-state index in [4.69, 9.17) is 17.3 Å². The van der Waals surface area contributed by atoms with Gasteiger partial charge in [0.1, 0.15) is 10.7 Å². The number of anilines is 1. The van der Waals surface area contributed by atoms with Crippen LogP contribution in [0.3, 0.4) is 0 Å². The molecule has 64 valence electrons. The summed E-state index contributed by atoms with van der Waals surface area (Å²) in [4.78, 5) is 14.7. The van der Waals surface area contributed by atoms with E-state index in [1.807, 2.05) is 0 Å². The van der Waals surface area contributed by atoms with Crippen molar-refractivity contribution in [3.8, 4) is 0 Å². The molecule has 0 aliphatic carbocycles. The molecule has 2 N–H and O–H groups in total. The highest BCUT2D eigenvalue weighted by Crippen LogP contribution is 2.19. The average Bonchev–Trinajstić information content (AvgIpc) is 2.03. The van der Waals surface area contributed by atoms with E-state index in [2.05, 4.69) is 9.72 Å². The second-order valence-electron chi connectivity index (χ2n) is 2.06. The maximum atomic E-state index is 11.0. The summed E-state index contributed by atoms with van der Waals surface area (Å²) in [5.41, 5.74) is 5.85. The fourth-order valence-electron chi connectivity index (χ4n) is 0.754. The smallest absolute Gasteiger partial charge is 0.343 e. The number of aromatic nitrogens is 1. The SMILES string of the molecule is COC(=O)c1c(N)ccnc1Cl. The molecule has 12 heavy (non-hydrogen) atoms. The Balaban J connectivity index is 3.21. The molecule has 0 aromatic carbocycles. The number of carbonyl (C=O) groups excluding carboxylic acids is 1. The topological polar surface area (TPSA) is 65.2 Å². The van der Waals surface area contributed by atoms with E-state index in [0.717, 1.165) is 0 Å². The highest BCUT2D eigenvalue weighted by molar-refractivity contribution is 6.33. The van der Waals surface area contributed by atoms with Gasteiger partial charge in [-0.25, -0.2) is 9.78 Å². The molecule has 0 radical (unpaired) electrons. The molecule has 5 heteroatoms. The van der Waals surface area contributed by atoms with Crippen LogP contribution in [0.25, 0.3) is 0 Å². The van der Waals surface area contributed by atoms with E-state index in [0.29, 0.717) is 0 Å². The number of hydrogen-bond acceptors (Lipinski definition) is 4. The predicted octanol–water partition coefficient (Wildman–Crippen LogP) is 1.10. The van der Waals surface area contributed by atoms with Crippen molar-refractivity contribution in [2.45, 2.75) is 0 Å². The fourth-order valence-corrected chi connectivity index (χ4v) is 0.997. The number of nitrogens with zero attached hydrogens (tertiary/aromatic N) is 1. The molecule has 0 saturated heterocycles. The highest BCUT2D eigenvalue weighted by Gasteiger charge is 2.14. The van der Waals surface area contributed by atoms with Crippen LogP contribution >= 0.6 is 11.6 Å². The molecular formula is C7H7ClN2O2. The van der Waals surface area contributed by atoms with Crippen molar-refractivity contribution < 1.29 is 9.53 Å². The van der Waals surface area contributed by atoms with E-state index < -0.39 is 5.97 Å². The van der Waals surface area contributed by atoms with Gasteiger partial charge < -0.3 is 10.5 Å². The third kappa shape index (κ3) is 1.48. The number of rotatable bonds is 1. The van der Waals surface area contributed by atoms with Gasteiger partial charge in [-0.2, -0.15) is 0 Å². The van der Waals surface area contributed by atoms with Crippen molar-refractivity contribution in [3.05, 3.63) is 23.0 Å². The zero-order valence-corrected chi connectivity index (χ0v) is 7.13. The van der Waals surface area contributed by atoms with Crippen molar-refractivity contribution >= 4 is 23.3 Å². The van der Waals surface area contributed by atoms with E-state index in [9.17, 15) is 4.79 Å². The van der Waals surface area contributed by atoms with Crippen LogP contribution in [-0.2, 0) is 4.74 Å². The van der Waals surface area contributed by atoms with Gasteiger partial charge in [0.2, 0.25) is 0 Å². The Kier molecular flexibility index (Phi) is 2.50. The minimum atomic E-state index is -0.578. The molecule has 0 unspecified atom stereocenters. The monoisotopic (exact) mass is 186 g/mol. The number of methoxy groups -OCH3 is 1. The number of hydrogen-bond donors (Lipinski definition) is 1. The summed E-state index contributed by atoms with van der Waals surface area (Å²) in [5, 5.41) is 0.0573. The van der Waals surface area contributed by atoms with Crippen LogP contribution in [0.4, 0.5) is 5.69 Å². The summed E-state index contributed by atoms with van der Waals surface area (Å²) in [7, 11) is 1.26. The van der Waals surface area contributed by atoms with Gasteiger partial charge in [0.25, 0.3) is 0 Å². The van der Waals surface area contributed by atoms with Crippen LogP contribution in [0.5, 0.6) is 0 Å². The van der Waals surface area contributed by atoms with Gasteiger partial charge in [-0.1, -0.05) is 11.6 Å². The van der Waals surface area contributed by atoms with Crippen LogP contribution in [0.15, 0.2) is 12.3 Å². The van der Waals surface area contributed by atoms with Crippen LogP contribution in [0.1, 0.15) is 10.4 Å². The summed E-state index contributed by atoms with van der Waals surface area (Å²) in [6.45, 7) is 0. The maximum absolute atomic E-state index is 11.0. The van der Waals surface area contributed by atoms with Gasteiger partial charge in [-0.3, -0.25) is 0 Å². The first-order valence-corrected chi connectivity index (χ1v) is 3.53. The molecule has 0 fully saturated rings. The minimum absolute atomic E-state index is 0.0573. The fraction of sp³-hybridized carbons (Fsp3) is 0.143. The molecular weight excluding hydrogens is 180 g/mol. The molecule has 1 aromatic rings. The Bertz CT molecular complexity index is 294. The second kappa shape index (κ2) is 3.40. The zero-order valence-electron chi connectivity index (χ0n) is 6.37. The van der Waals surface area contributed by atoms with E-state index in [1.54, 1.807) is 0 Å². The number of ether oxygens (including phenoxy) is 1. The molecule has 1 rings (SSSR count). The largest absolute Gasteiger partial charge is 0.465 e. The third-order valence-electron chi connectivity index (χ3n) is 1.33. The van der Waals surface area contributed by atoms with Gasteiger partial charge in [-0.05, 0) is 6.07 Å². The molecule has 0 saturated carbocycles. The molecule has 1 heterocycles. The quantitative estimate of drug-likeness (QED) is 0.527. The van der Waals surface area contributed by atoms with Crippen LogP contribution < -0.4 is 5.73 Å². The van der Waals surface area contributed by atoms with Crippen molar-refractivity contribution in [2.75, 3.05) is 12.8 Å². The van der Waals surface area contributed by atoms with E-state index in [1.165, 1.54) is 19.4 Å². The van der Waals surface area contributed by atoms with Gasteiger partial charge in [0.15, 0.2) is 0 Å². The molecule has 4 nitrogen and oxygen atoms in total. The van der Waals surface area contributed by atoms with Gasteiger partial charge in [0, 0.05) is 6.20 Å². The summed E-state index contributed by atoms with van der Waals surface area (Å²) in [6.07, 6.45) is 1.42. The van der Waals surface area contributed by atoms with E-state index >= 15 is 0 Å². The van der Waals surface area contributed by atoms with E-state index in [-0.39, 0.29) is 16.4 Å². The highest BCUT2D eigenvalue weighted by atomic mass is 35.5. The van der Waals surface area contributed by atoms with Gasteiger partial charge >= 0.3 is 5.97 Å². The Labute approximate surface area is 74.3 Å². The van der Waals surface area contributed by atoms with Crippen LogP contribution in [0.2, 0.25) is 5.15 Å². The molecule has 0 atom stereocenters. The number of nitrogens with two attached hydrogens (primary N) is 1. The Morgan fingerprint density at radius 2 is 2.42 bits per heavy atom. The first-order valence-electron chi connectivity index (χ1n) is 3.15. The molecule has 1 aromatic heterocycles. The Morgan fingerprint density at radius 3 is 2.92 bits per heavy atom. The lowest BCUT2D eigenvalue weighted by Gasteiger charge is -2.03.